The summed E-state index contributed by atoms with van der Waals surface area (Å²) in [5, 5.41) is 4.09. The second kappa shape index (κ2) is 8.57. The van der Waals surface area contributed by atoms with Crippen LogP contribution in [0.25, 0.3) is 17.1 Å². The van der Waals surface area contributed by atoms with Crippen molar-refractivity contribution in [1.82, 2.24) is 9.55 Å². The van der Waals surface area contributed by atoms with E-state index in [1.54, 1.807) is 24.3 Å². The molecule has 0 aliphatic rings. The molecule has 0 fully saturated rings. The molecule has 0 aliphatic carbocycles. The van der Waals surface area contributed by atoms with Gasteiger partial charge in [0.05, 0.1) is 17.1 Å². The van der Waals surface area contributed by atoms with Crippen LogP contribution in [-0.4, -0.2) is 24.2 Å². The van der Waals surface area contributed by atoms with Gasteiger partial charge in [0, 0.05) is 34.4 Å². The molecule has 158 valence electrons. The van der Waals surface area contributed by atoms with Gasteiger partial charge in [0.15, 0.2) is 9.84 Å². The van der Waals surface area contributed by atoms with Crippen LogP contribution < -0.4 is 5.32 Å². The monoisotopic (exact) mass is 451 g/mol. The van der Waals surface area contributed by atoms with E-state index in [4.69, 9.17) is 16.6 Å². The maximum absolute atomic E-state index is 11.8. The number of hydrogen-bond donors (Lipinski definition) is 1. The Morgan fingerprint density at radius 1 is 0.968 bits per heavy atom. The van der Waals surface area contributed by atoms with Crippen LogP contribution in [0.1, 0.15) is 11.3 Å². The van der Waals surface area contributed by atoms with Crippen LogP contribution in [0.4, 0.5) is 5.69 Å². The largest absolute Gasteiger partial charge is 0.379 e. The fraction of sp³-hybridized carbons (Fsp3) is 0.125. The average Bonchev–Trinajstić information content (AvgIpc) is 3.17. The second-order valence-electron chi connectivity index (χ2n) is 7.37. The highest BCUT2D eigenvalue weighted by atomic mass is 35.5. The van der Waals surface area contributed by atoms with Gasteiger partial charge in [-0.2, -0.15) is 0 Å². The first kappa shape index (κ1) is 21.2. The van der Waals surface area contributed by atoms with E-state index in [0.717, 1.165) is 34.0 Å². The van der Waals surface area contributed by atoms with Crippen LogP contribution in [0.5, 0.6) is 0 Å². The molecule has 0 saturated heterocycles. The molecule has 5 nitrogen and oxygen atoms in total. The van der Waals surface area contributed by atoms with Gasteiger partial charge in [-0.1, -0.05) is 29.8 Å². The lowest BCUT2D eigenvalue weighted by atomic mass is 10.2. The van der Waals surface area contributed by atoms with Crippen molar-refractivity contribution in [2.75, 3.05) is 11.6 Å². The van der Waals surface area contributed by atoms with Crippen molar-refractivity contribution >= 4 is 27.1 Å². The number of nitrogens with one attached hydrogen (secondary N) is 1. The second-order valence-corrected chi connectivity index (χ2v) is 9.82. The van der Waals surface area contributed by atoms with E-state index in [0.29, 0.717) is 11.6 Å². The van der Waals surface area contributed by atoms with E-state index in [9.17, 15) is 8.42 Å². The number of hydrogen-bond acceptors (Lipinski definition) is 4. The normalized spacial score (nSPS) is 11.5. The number of rotatable bonds is 6. The molecule has 0 unspecified atom stereocenters. The van der Waals surface area contributed by atoms with E-state index in [1.165, 1.54) is 6.26 Å². The van der Waals surface area contributed by atoms with Gasteiger partial charge in [0.2, 0.25) is 0 Å². The zero-order valence-electron chi connectivity index (χ0n) is 17.2. The van der Waals surface area contributed by atoms with E-state index >= 15 is 0 Å². The van der Waals surface area contributed by atoms with Gasteiger partial charge < -0.3 is 5.32 Å². The number of imidazole rings is 1. The minimum atomic E-state index is -3.26. The van der Waals surface area contributed by atoms with Gasteiger partial charge in [-0.25, -0.2) is 13.4 Å². The Morgan fingerprint density at radius 3 is 2.29 bits per heavy atom. The molecular weight excluding hydrogens is 430 g/mol. The van der Waals surface area contributed by atoms with E-state index < -0.39 is 9.84 Å². The zero-order chi connectivity index (χ0) is 22.0. The third kappa shape index (κ3) is 4.81. The summed E-state index contributed by atoms with van der Waals surface area (Å²) in [4.78, 5) is 5.12. The van der Waals surface area contributed by atoms with Crippen LogP contribution >= 0.6 is 11.6 Å². The molecule has 3 aromatic carbocycles. The highest BCUT2D eigenvalue weighted by Crippen LogP contribution is 2.26. The van der Waals surface area contributed by atoms with Crippen LogP contribution in [-0.2, 0) is 16.4 Å². The summed E-state index contributed by atoms with van der Waals surface area (Å²) in [6.45, 7) is 2.61. The number of sulfone groups is 1. The van der Waals surface area contributed by atoms with Crippen LogP contribution in [0.3, 0.4) is 0 Å². The standard InChI is InChI=1S/C24H22ClN3O2S/c1-17-5-3-4-6-23(17)26-15-20-16-28(21-11-13-22(14-12-21)31(2,29)30)24(27-20)18-7-9-19(25)10-8-18/h3-14,16,26H,15H2,1-2H3. The third-order valence-electron chi connectivity index (χ3n) is 5.01. The first-order valence-corrected chi connectivity index (χ1v) is 12.0. The molecule has 0 amide bonds. The van der Waals surface area contributed by atoms with Crippen LogP contribution in [0.15, 0.2) is 83.9 Å². The first-order valence-electron chi connectivity index (χ1n) is 9.75. The SMILES string of the molecule is Cc1ccccc1NCc1cn(-c2ccc(S(C)(=O)=O)cc2)c(-c2ccc(Cl)cc2)n1. The molecule has 31 heavy (non-hydrogen) atoms. The molecule has 0 spiro atoms. The smallest absolute Gasteiger partial charge is 0.175 e. The number of aromatic nitrogens is 2. The highest BCUT2D eigenvalue weighted by molar-refractivity contribution is 7.90. The number of halogens is 1. The summed E-state index contributed by atoms with van der Waals surface area (Å²) in [5.41, 5.74) is 4.82. The number of aryl methyl sites for hydroxylation is 1. The fourth-order valence-electron chi connectivity index (χ4n) is 3.32. The van der Waals surface area contributed by atoms with Crippen molar-refractivity contribution in [2.24, 2.45) is 0 Å². The van der Waals surface area contributed by atoms with Crippen LogP contribution in [0, 0.1) is 6.92 Å². The Bertz CT molecular complexity index is 1310. The van der Waals surface area contributed by atoms with Crippen molar-refractivity contribution in [3.63, 3.8) is 0 Å². The minimum Gasteiger partial charge on any atom is -0.379 e. The molecule has 1 heterocycles. The topological polar surface area (TPSA) is 64.0 Å². The molecule has 0 atom stereocenters. The predicted molar refractivity (Wildman–Crippen MR) is 126 cm³/mol. The van der Waals surface area contributed by atoms with Crippen molar-refractivity contribution in [3.8, 4) is 17.1 Å². The van der Waals surface area contributed by atoms with Crippen LogP contribution in [0.2, 0.25) is 5.02 Å². The summed E-state index contributed by atoms with van der Waals surface area (Å²) in [7, 11) is -3.26. The number of benzene rings is 3. The van der Waals surface area contributed by atoms with Gasteiger partial charge >= 0.3 is 0 Å². The Kier molecular flexibility index (Phi) is 5.85. The molecule has 0 saturated carbocycles. The summed E-state index contributed by atoms with van der Waals surface area (Å²) in [6.07, 6.45) is 3.17. The molecule has 0 aliphatic heterocycles. The number of para-hydroxylation sites is 1. The molecule has 1 aromatic heterocycles. The molecule has 0 radical (unpaired) electrons. The molecule has 1 N–H and O–H groups in total. The Labute approximate surface area is 187 Å². The molecule has 4 rings (SSSR count). The Balaban J connectivity index is 1.72. The maximum atomic E-state index is 11.8. The van der Waals surface area contributed by atoms with Crippen molar-refractivity contribution < 1.29 is 8.42 Å². The highest BCUT2D eigenvalue weighted by Gasteiger charge is 2.14. The van der Waals surface area contributed by atoms with Crippen molar-refractivity contribution in [3.05, 3.63) is 95.3 Å². The third-order valence-corrected chi connectivity index (χ3v) is 6.39. The molecule has 4 aromatic rings. The first-order chi connectivity index (χ1) is 14.8. The lowest BCUT2D eigenvalue weighted by molar-refractivity contribution is 0.602. The quantitative estimate of drug-likeness (QED) is 0.419. The summed E-state index contributed by atoms with van der Waals surface area (Å²) < 4.78 is 25.6. The fourth-order valence-corrected chi connectivity index (χ4v) is 4.08. The number of nitrogens with zero attached hydrogens (tertiary/aromatic N) is 2. The van der Waals surface area contributed by atoms with E-state index in [2.05, 4.69) is 18.3 Å². The summed E-state index contributed by atoms with van der Waals surface area (Å²) in [6, 6.07) is 22.4. The Hall–Kier alpha value is -3.09. The minimum absolute atomic E-state index is 0.283. The number of anilines is 1. The molecule has 0 bridgehead atoms. The van der Waals surface area contributed by atoms with Gasteiger partial charge in [0.25, 0.3) is 0 Å². The maximum Gasteiger partial charge on any atom is 0.175 e. The summed E-state index contributed by atoms with van der Waals surface area (Å²) in [5.74, 6) is 0.755. The Morgan fingerprint density at radius 2 is 1.65 bits per heavy atom. The van der Waals surface area contributed by atoms with Crippen molar-refractivity contribution in [2.45, 2.75) is 18.4 Å². The van der Waals surface area contributed by atoms with E-state index in [1.807, 2.05) is 53.2 Å². The molecule has 7 heteroatoms. The lowest BCUT2D eigenvalue weighted by Gasteiger charge is -2.09. The summed E-state index contributed by atoms with van der Waals surface area (Å²) >= 11 is 6.06. The predicted octanol–water partition coefficient (Wildman–Crippen LogP) is 5.52. The molecular formula is C24H22ClN3O2S. The van der Waals surface area contributed by atoms with E-state index in [-0.39, 0.29) is 4.90 Å². The van der Waals surface area contributed by atoms with Crippen molar-refractivity contribution in [1.29, 1.82) is 0 Å². The zero-order valence-corrected chi connectivity index (χ0v) is 18.8. The van der Waals surface area contributed by atoms with Gasteiger partial charge in [0.1, 0.15) is 5.82 Å². The average molecular weight is 452 g/mol. The van der Waals surface area contributed by atoms with Gasteiger partial charge in [-0.15, -0.1) is 0 Å². The van der Waals surface area contributed by atoms with Gasteiger partial charge in [-0.3, -0.25) is 4.57 Å². The van der Waals surface area contributed by atoms with Gasteiger partial charge in [-0.05, 0) is 67.1 Å². The lowest BCUT2D eigenvalue weighted by Crippen LogP contribution is -2.01.